The van der Waals surface area contributed by atoms with Gasteiger partial charge in [-0.2, -0.15) is 0 Å². The molecular weight excluding hydrogens is 1370 g/mol. The Labute approximate surface area is 592 Å². The van der Waals surface area contributed by atoms with Gasteiger partial charge in [-0.1, -0.05) is 44.3 Å². The van der Waals surface area contributed by atoms with Crippen LogP contribution in [0.15, 0.2) is 97.2 Å². The summed E-state index contributed by atoms with van der Waals surface area (Å²) in [5.41, 5.74) is -0.121. The summed E-state index contributed by atoms with van der Waals surface area (Å²) in [4.78, 5) is 132. The van der Waals surface area contributed by atoms with E-state index in [1.54, 1.807) is 85.2 Å². The Morgan fingerprint density at radius 3 is 1.81 bits per heavy atom. The van der Waals surface area contributed by atoms with Gasteiger partial charge in [0.15, 0.2) is 23.0 Å². The monoisotopic (exact) mass is 1440 g/mol. The second kappa shape index (κ2) is 30.9. The van der Waals surface area contributed by atoms with E-state index in [2.05, 4.69) is 16.0 Å². The summed E-state index contributed by atoms with van der Waals surface area (Å²) in [6.07, 6.45) is 1.51. The van der Waals surface area contributed by atoms with Crippen LogP contribution in [-0.2, 0) is 88.8 Å². The number of carbonyl (C=O) groups is 8. The fraction of sp³-hybridized carbons (Fsp3) is 0.417. The van der Waals surface area contributed by atoms with Crippen molar-refractivity contribution in [2.24, 2.45) is 5.92 Å². The number of morpholine rings is 2. The van der Waals surface area contributed by atoms with Crippen LogP contribution in [0.1, 0.15) is 96.0 Å². The smallest absolute Gasteiger partial charge is 0.343 e. The number of nitrogens with one attached hydrogen (secondary N) is 3. The number of imide groups is 1. The van der Waals surface area contributed by atoms with E-state index in [9.17, 15) is 48.3 Å². The predicted molar refractivity (Wildman–Crippen MR) is 366 cm³/mol. The van der Waals surface area contributed by atoms with Crippen molar-refractivity contribution in [1.29, 1.82) is 0 Å². The first-order chi connectivity index (χ1) is 49.0. The molecule has 4 aromatic carbocycles. The number of hydrogen-bond donors (Lipinski definition) is 4. The number of anilines is 2. The predicted octanol–water partition coefficient (Wildman–Crippen LogP) is 6.70. The molecule has 538 valence electrons. The van der Waals surface area contributed by atoms with Gasteiger partial charge in [0.1, 0.15) is 37.2 Å². The molecule has 7 amide bonds. The van der Waals surface area contributed by atoms with Gasteiger partial charge < -0.3 is 68.6 Å². The number of pyridine rings is 2. The summed E-state index contributed by atoms with van der Waals surface area (Å²) in [5.74, 6) is -9.43. The quantitative estimate of drug-likeness (QED) is 0.0249. The minimum Gasteiger partial charge on any atom is -0.485 e. The fourth-order valence-corrected chi connectivity index (χ4v) is 14.9. The maximum Gasteiger partial charge on any atom is 0.343 e. The first-order valence-electron chi connectivity index (χ1n) is 33.5. The van der Waals surface area contributed by atoms with Gasteiger partial charge >= 0.3 is 5.97 Å². The van der Waals surface area contributed by atoms with Crippen molar-refractivity contribution in [2.75, 3.05) is 109 Å². The number of aliphatic hydroxyl groups is 1. The third kappa shape index (κ3) is 14.7. The van der Waals surface area contributed by atoms with Crippen LogP contribution in [0, 0.1) is 23.4 Å². The SMILES string of the molecule is CC[C@@]1(O)C(=O)OCc2c1cc1n(c2=O)Cc2c-1nc1cc(F)c(NC(=O)[C@H](C)NC(=O)[C@](C)(NC(=O)COCCOCCOCCOc3c(F)cc(N4C(=O)C(Sc5ccc(C(=O)N6CCOCC6)cc5)=C(Sc5ccc(C(=O)N6CCOCC6)cc5)C4=O)cc3F)C(C)C)c3c1c2CCC3. The number of hydrogen-bond acceptors (Lipinski definition) is 20. The average molecular weight is 1450 g/mol. The standard InChI is InChI=1S/C72H75F3N8O17S2/c1-6-72(93)50-34-55-59-48(36-82(55)66(88)49(50)37-100-70(72)92)46-8-7-9-47-57(46)54(77-59)35-51(73)58(47)78-63(85)40(4)76-69(91)71(5,39(2)3)79-56(84)38-98-29-28-96-26-27-97-30-31-99-60-52(74)32-43(33-53(60)75)83-67(89)61(101-44-14-10-41(11-15-44)64(86)80-18-22-94-23-19-80)62(68(83)90)102-45-16-12-42(13-17-45)65(87)81-20-24-95-25-21-81/h10-17,32-35,39-40,93H,6-9,18-31,36-38H2,1-5H3,(H,76,91)(H,78,85)(H,79,84)/t40-,71+,72-/m0/s1. The highest BCUT2D eigenvalue weighted by atomic mass is 32.2. The number of nitrogens with zero attached hydrogens (tertiary/aromatic N) is 5. The molecule has 4 N–H and O–H groups in total. The van der Waals surface area contributed by atoms with Gasteiger partial charge in [-0.25, -0.2) is 27.8 Å². The fourth-order valence-electron chi connectivity index (χ4n) is 12.9. The largest absolute Gasteiger partial charge is 0.485 e. The van der Waals surface area contributed by atoms with Crippen molar-refractivity contribution >= 4 is 93.1 Å². The van der Waals surface area contributed by atoms with Crippen LogP contribution < -0.4 is 31.1 Å². The number of fused-ring (bicyclic) bond motifs is 5. The molecule has 6 aromatic rings. The highest BCUT2D eigenvalue weighted by Crippen LogP contribution is 2.47. The Kier molecular flexibility index (Phi) is 22.0. The topological polar surface area (TPSA) is 302 Å². The summed E-state index contributed by atoms with van der Waals surface area (Å²) >= 11 is 1.90. The van der Waals surface area contributed by atoms with Crippen molar-refractivity contribution in [3.63, 3.8) is 0 Å². The third-order valence-corrected chi connectivity index (χ3v) is 21.3. The second-order valence-corrected chi connectivity index (χ2v) is 27.8. The lowest BCUT2D eigenvalue weighted by atomic mass is 9.85. The van der Waals surface area contributed by atoms with Crippen LogP contribution in [0.4, 0.5) is 24.5 Å². The lowest BCUT2D eigenvalue weighted by Crippen LogP contribution is -2.62. The van der Waals surface area contributed by atoms with E-state index >= 15 is 13.2 Å². The van der Waals surface area contributed by atoms with Crippen molar-refractivity contribution < 1.29 is 89.8 Å². The van der Waals surface area contributed by atoms with E-state index < -0.39 is 99.7 Å². The zero-order valence-electron chi connectivity index (χ0n) is 56.6. The summed E-state index contributed by atoms with van der Waals surface area (Å²) in [6, 6.07) is 16.2. The van der Waals surface area contributed by atoms with Crippen LogP contribution in [0.5, 0.6) is 5.75 Å². The molecule has 1 aliphatic carbocycles. The molecule has 12 rings (SSSR count). The number of thioether (sulfide) groups is 2. The molecule has 0 radical (unpaired) electrons. The molecule has 2 aromatic heterocycles. The van der Waals surface area contributed by atoms with Gasteiger partial charge in [-0.05, 0) is 111 Å². The van der Waals surface area contributed by atoms with Crippen LogP contribution in [0.2, 0.25) is 0 Å². The molecular formula is C72H75F3N8O17S2. The van der Waals surface area contributed by atoms with Crippen LogP contribution in [-0.4, -0.2) is 182 Å². The van der Waals surface area contributed by atoms with Gasteiger partial charge in [0, 0.05) is 81.8 Å². The number of amides is 7. The molecule has 0 unspecified atom stereocenters. The van der Waals surface area contributed by atoms with Crippen LogP contribution in [0.25, 0.3) is 22.3 Å². The summed E-state index contributed by atoms with van der Waals surface area (Å²) in [6.45, 7) is 10.4. The molecule has 7 heterocycles. The van der Waals surface area contributed by atoms with E-state index in [-0.39, 0.29) is 97.7 Å². The van der Waals surface area contributed by atoms with Crippen LogP contribution >= 0.6 is 23.5 Å². The molecule has 3 atom stereocenters. The molecule has 0 bridgehead atoms. The molecule has 0 saturated carbocycles. The molecule has 25 nitrogen and oxygen atoms in total. The van der Waals surface area contributed by atoms with E-state index in [1.807, 2.05) is 0 Å². The Hall–Kier alpha value is -9.01. The van der Waals surface area contributed by atoms with Gasteiger partial charge in [-0.3, -0.25) is 38.4 Å². The van der Waals surface area contributed by atoms with E-state index in [4.69, 9.17) is 38.1 Å². The maximum absolute atomic E-state index is 16.3. The van der Waals surface area contributed by atoms with Gasteiger partial charge in [0.2, 0.25) is 17.7 Å². The molecule has 2 fully saturated rings. The summed E-state index contributed by atoms with van der Waals surface area (Å²) in [5, 5.41) is 20.0. The molecule has 2 saturated heterocycles. The minimum absolute atomic E-state index is 0.0281. The molecule has 30 heteroatoms. The first-order valence-corrected chi connectivity index (χ1v) is 35.2. The lowest BCUT2D eigenvalue weighted by Gasteiger charge is -2.34. The number of cyclic esters (lactones) is 1. The number of ether oxygens (including phenoxy) is 7. The zero-order valence-corrected chi connectivity index (χ0v) is 58.2. The molecule has 0 spiro atoms. The Balaban J connectivity index is 0.587. The summed E-state index contributed by atoms with van der Waals surface area (Å²) in [7, 11) is 0. The zero-order chi connectivity index (χ0) is 72.3. The van der Waals surface area contributed by atoms with Crippen molar-refractivity contribution in [3.05, 3.63) is 149 Å². The number of aromatic nitrogens is 2. The minimum atomic E-state index is -2.02. The highest BCUT2D eigenvalue weighted by molar-refractivity contribution is 8.08. The van der Waals surface area contributed by atoms with Gasteiger partial charge in [-0.15, -0.1) is 0 Å². The molecule has 5 aliphatic heterocycles. The van der Waals surface area contributed by atoms with Crippen molar-refractivity contribution in [2.45, 2.75) is 100 Å². The number of aryl methyl sites for hydroxylation is 2. The highest BCUT2D eigenvalue weighted by Gasteiger charge is 2.47. The van der Waals surface area contributed by atoms with E-state index in [0.29, 0.717) is 126 Å². The Bertz CT molecular complexity index is 4330. The Morgan fingerprint density at radius 2 is 1.25 bits per heavy atom. The van der Waals surface area contributed by atoms with Gasteiger partial charge in [0.05, 0.1) is 110 Å². The molecule has 102 heavy (non-hydrogen) atoms. The normalized spacial score (nSPS) is 18.0. The van der Waals surface area contributed by atoms with Crippen molar-refractivity contribution in [3.8, 4) is 17.1 Å². The van der Waals surface area contributed by atoms with Crippen LogP contribution in [0.3, 0.4) is 0 Å². The Morgan fingerprint density at radius 1 is 0.706 bits per heavy atom. The lowest BCUT2D eigenvalue weighted by molar-refractivity contribution is -0.172. The third-order valence-electron chi connectivity index (χ3n) is 18.9. The number of carbonyl (C=O) groups excluding carboxylic acids is 8. The first kappa shape index (κ1) is 72.8. The van der Waals surface area contributed by atoms with E-state index in [0.717, 1.165) is 46.8 Å². The van der Waals surface area contributed by atoms with Crippen molar-refractivity contribution in [1.82, 2.24) is 30.0 Å². The average Bonchev–Trinajstić information content (AvgIpc) is 1.51. The number of benzene rings is 4. The maximum atomic E-state index is 16.3. The number of esters is 1. The number of halogens is 3. The van der Waals surface area contributed by atoms with Gasteiger partial charge in [0.25, 0.3) is 29.2 Å². The second-order valence-electron chi connectivity index (χ2n) is 25.6. The molecule has 6 aliphatic rings. The summed E-state index contributed by atoms with van der Waals surface area (Å²) < 4.78 is 87.4. The van der Waals surface area contributed by atoms with E-state index in [1.165, 1.54) is 24.5 Å². The number of rotatable bonds is 26.